The maximum atomic E-state index is 11.7. The number of hydrogen-bond donors (Lipinski definition) is 2. The summed E-state index contributed by atoms with van der Waals surface area (Å²) in [4.78, 5) is 27.8. The van der Waals surface area contributed by atoms with Gasteiger partial charge in [-0.1, -0.05) is 0 Å². The summed E-state index contributed by atoms with van der Waals surface area (Å²) in [5.41, 5.74) is 3.18. The van der Waals surface area contributed by atoms with Crippen LogP contribution in [-0.4, -0.2) is 27.6 Å². The minimum atomic E-state index is -0.630. The van der Waals surface area contributed by atoms with Crippen molar-refractivity contribution in [3.8, 4) is 11.5 Å². The second-order valence-electron chi connectivity index (χ2n) is 5.99. The van der Waals surface area contributed by atoms with Crippen LogP contribution in [0.25, 0.3) is 22.6 Å². The zero-order valence-electron chi connectivity index (χ0n) is 14.6. The summed E-state index contributed by atoms with van der Waals surface area (Å²) < 4.78 is 5.76. The molecule has 0 saturated carbocycles. The first-order valence-electron chi connectivity index (χ1n) is 8.24. The molecule has 2 atom stereocenters. The number of fused-ring (bicyclic) bond motifs is 1. The van der Waals surface area contributed by atoms with Gasteiger partial charge in [-0.15, -0.1) is 23.2 Å². The van der Waals surface area contributed by atoms with Crippen LogP contribution < -0.4 is 10.6 Å². The van der Waals surface area contributed by atoms with E-state index >= 15 is 0 Å². The highest BCUT2D eigenvalue weighted by atomic mass is 35.5. The van der Waals surface area contributed by atoms with Gasteiger partial charge >= 0.3 is 0 Å². The third-order valence-corrected chi connectivity index (χ3v) is 4.17. The molecule has 0 aliphatic carbocycles. The third kappa shape index (κ3) is 4.59. The van der Waals surface area contributed by atoms with E-state index in [0.717, 1.165) is 5.56 Å². The molecule has 6 nitrogen and oxygen atoms in total. The first kappa shape index (κ1) is 19.2. The number of anilines is 2. The Bertz CT molecular complexity index is 982. The number of nitrogens with zero attached hydrogens (tertiary/aromatic N) is 1. The maximum Gasteiger partial charge on any atom is 0.242 e. The summed E-state index contributed by atoms with van der Waals surface area (Å²) in [6.07, 6.45) is 0. The molecule has 3 aromatic rings. The lowest BCUT2D eigenvalue weighted by atomic mass is 10.2. The average molecular weight is 406 g/mol. The van der Waals surface area contributed by atoms with E-state index in [2.05, 4.69) is 15.6 Å². The lowest BCUT2D eigenvalue weighted by Crippen LogP contribution is -2.20. The molecule has 1 heterocycles. The fourth-order valence-corrected chi connectivity index (χ4v) is 2.42. The van der Waals surface area contributed by atoms with Crippen LogP contribution in [0.3, 0.4) is 0 Å². The van der Waals surface area contributed by atoms with Gasteiger partial charge in [0.25, 0.3) is 0 Å². The molecule has 0 aliphatic heterocycles. The van der Waals surface area contributed by atoms with Crippen molar-refractivity contribution in [2.75, 3.05) is 10.6 Å². The number of alkyl halides is 2. The van der Waals surface area contributed by atoms with Crippen molar-refractivity contribution in [1.82, 2.24) is 4.98 Å². The standard InChI is InChI=1S/C19H17Cl2N3O3/c1-10(20)17(25)22-13-5-3-12(4-6-13)19-24-15-9-14(7-8-16(15)27-19)23-18(26)11(2)21/h3-11H,1-2H3,(H,22,25)(H,23,26). The van der Waals surface area contributed by atoms with Gasteiger partial charge in [-0.3, -0.25) is 9.59 Å². The molecule has 0 fully saturated rings. The number of benzene rings is 2. The second kappa shape index (κ2) is 7.98. The predicted molar refractivity (Wildman–Crippen MR) is 107 cm³/mol. The topological polar surface area (TPSA) is 84.2 Å². The van der Waals surface area contributed by atoms with E-state index in [1.165, 1.54) is 0 Å². The molecular formula is C19H17Cl2N3O3. The minimum Gasteiger partial charge on any atom is -0.436 e. The Hall–Kier alpha value is -2.57. The summed E-state index contributed by atoms with van der Waals surface area (Å²) in [7, 11) is 0. The van der Waals surface area contributed by atoms with E-state index in [1.807, 2.05) is 0 Å². The number of carbonyl (C=O) groups is 2. The summed E-state index contributed by atoms with van der Waals surface area (Å²) in [5, 5.41) is 4.18. The molecule has 140 valence electrons. The summed E-state index contributed by atoms with van der Waals surface area (Å²) in [6, 6.07) is 12.2. The number of amides is 2. The van der Waals surface area contributed by atoms with Crippen molar-refractivity contribution >= 4 is 57.5 Å². The fraction of sp³-hybridized carbons (Fsp3) is 0.211. The van der Waals surface area contributed by atoms with Crippen LogP contribution in [0.15, 0.2) is 46.9 Å². The molecule has 0 saturated heterocycles. The zero-order chi connectivity index (χ0) is 19.6. The quantitative estimate of drug-likeness (QED) is 0.606. The number of halogens is 2. The number of hydrogen-bond acceptors (Lipinski definition) is 4. The Morgan fingerprint density at radius 1 is 0.926 bits per heavy atom. The van der Waals surface area contributed by atoms with Gasteiger partial charge in [0.2, 0.25) is 17.7 Å². The highest BCUT2D eigenvalue weighted by Crippen LogP contribution is 2.27. The molecular weight excluding hydrogens is 389 g/mol. The zero-order valence-corrected chi connectivity index (χ0v) is 16.1. The summed E-state index contributed by atoms with van der Waals surface area (Å²) in [5.74, 6) is -0.126. The number of aromatic nitrogens is 1. The smallest absolute Gasteiger partial charge is 0.242 e. The molecule has 0 radical (unpaired) electrons. The number of carbonyl (C=O) groups excluding carboxylic acids is 2. The molecule has 0 spiro atoms. The predicted octanol–water partition coefficient (Wildman–Crippen LogP) is 4.63. The van der Waals surface area contributed by atoms with Crippen LogP contribution in [0.1, 0.15) is 13.8 Å². The van der Waals surface area contributed by atoms with Gasteiger partial charge in [-0.25, -0.2) is 4.98 Å². The van der Waals surface area contributed by atoms with Crippen LogP contribution in [0.5, 0.6) is 0 Å². The minimum absolute atomic E-state index is 0.271. The monoisotopic (exact) mass is 405 g/mol. The van der Waals surface area contributed by atoms with E-state index in [4.69, 9.17) is 27.6 Å². The van der Waals surface area contributed by atoms with E-state index in [0.29, 0.717) is 28.4 Å². The van der Waals surface area contributed by atoms with Crippen LogP contribution in [-0.2, 0) is 9.59 Å². The van der Waals surface area contributed by atoms with Crippen molar-refractivity contribution in [2.24, 2.45) is 0 Å². The highest BCUT2D eigenvalue weighted by molar-refractivity contribution is 6.32. The molecule has 8 heteroatoms. The van der Waals surface area contributed by atoms with Gasteiger partial charge < -0.3 is 15.1 Å². The lowest BCUT2D eigenvalue weighted by Gasteiger charge is -2.06. The molecule has 0 bridgehead atoms. The molecule has 1 aromatic heterocycles. The van der Waals surface area contributed by atoms with E-state index in [1.54, 1.807) is 56.3 Å². The SMILES string of the molecule is CC(Cl)C(=O)Nc1ccc(-c2nc3cc(NC(=O)C(C)Cl)ccc3o2)cc1. The Morgan fingerprint density at radius 3 is 2.07 bits per heavy atom. The van der Waals surface area contributed by atoms with Gasteiger partial charge in [-0.05, 0) is 56.3 Å². The van der Waals surface area contributed by atoms with E-state index < -0.39 is 10.8 Å². The number of oxazole rings is 1. The molecule has 3 rings (SSSR count). The third-order valence-electron chi connectivity index (χ3n) is 3.78. The Morgan fingerprint density at radius 2 is 1.48 bits per heavy atom. The van der Waals surface area contributed by atoms with Crippen molar-refractivity contribution < 1.29 is 14.0 Å². The van der Waals surface area contributed by atoms with Gasteiger partial charge in [0.05, 0.1) is 0 Å². The van der Waals surface area contributed by atoms with Gasteiger partial charge in [-0.2, -0.15) is 0 Å². The van der Waals surface area contributed by atoms with Crippen LogP contribution >= 0.6 is 23.2 Å². The van der Waals surface area contributed by atoms with Crippen molar-refractivity contribution in [2.45, 2.75) is 24.6 Å². The number of nitrogens with one attached hydrogen (secondary N) is 2. The fourth-order valence-electron chi connectivity index (χ4n) is 2.31. The first-order valence-corrected chi connectivity index (χ1v) is 9.11. The summed E-state index contributed by atoms with van der Waals surface area (Å²) in [6.45, 7) is 3.21. The number of rotatable bonds is 5. The molecule has 2 unspecified atom stereocenters. The van der Waals surface area contributed by atoms with Crippen LogP contribution in [0.2, 0.25) is 0 Å². The highest BCUT2D eigenvalue weighted by Gasteiger charge is 2.13. The molecule has 2 amide bonds. The van der Waals surface area contributed by atoms with Crippen molar-refractivity contribution in [3.63, 3.8) is 0 Å². The Labute approximate surface area is 165 Å². The van der Waals surface area contributed by atoms with Gasteiger partial charge in [0, 0.05) is 16.9 Å². The van der Waals surface area contributed by atoms with E-state index in [9.17, 15) is 9.59 Å². The molecule has 27 heavy (non-hydrogen) atoms. The lowest BCUT2D eigenvalue weighted by molar-refractivity contribution is -0.116. The maximum absolute atomic E-state index is 11.7. The second-order valence-corrected chi connectivity index (χ2v) is 7.30. The average Bonchev–Trinajstić information content (AvgIpc) is 3.05. The molecule has 0 aliphatic rings. The van der Waals surface area contributed by atoms with Crippen LogP contribution in [0.4, 0.5) is 11.4 Å². The van der Waals surface area contributed by atoms with Gasteiger partial charge in [0.15, 0.2) is 5.58 Å². The first-order chi connectivity index (χ1) is 12.8. The Balaban J connectivity index is 1.80. The molecule has 2 N–H and O–H groups in total. The van der Waals surface area contributed by atoms with Crippen LogP contribution in [0, 0.1) is 0 Å². The molecule has 2 aromatic carbocycles. The normalized spacial score (nSPS) is 13.2. The van der Waals surface area contributed by atoms with E-state index in [-0.39, 0.29) is 11.8 Å². The van der Waals surface area contributed by atoms with Gasteiger partial charge in [0.1, 0.15) is 16.3 Å². The van der Waals surface area contributed by atoms with Crippen molar-refractivity contribution in [3.05, 3.63) is 42.5 Å². The summed E-state index contributed by atoms with van der Waals surface area (Å²) >= 11 is 11.5. The van der Waals surface area contributed by atoms with Crippen molar-refractivity contribution in [1.29, 1.82) is 0 Å². The largest absolute Gasteiger partial charge is 0.436 e. The Kier molecular flexibility index (Phi) is 5.68.